The van der Waals surface area contributed by atoms with Gasteiger partial charge in [0.15, 0.2) is 0 Å². The Morgan fingerprint density at radius 3 is 2.19 bits per heavy atom. The Bertz CT molecular complexity index is 404. The van der Waals surface area contributed by atoms with E-state index in [-0.39, 0.29) is 0 Å². The van der Waals surface area contributed by atoms with Gasteiger partial charge in [0.05, 0.1) is 0 Å². The number of hydrogen-bond acceptors (Lipinski definition) is 2. The molecule has 0 atom stereocenters. The van der Waals surface area contributed by atoms with Crippen LogP contribution in [-0.2, 0) is 13.1 Å². The van der Waals surface area contributed by atoms with Crippen molar-refractivity contribution < 1.29 is 0 Å². The van der Waals surface area contributed by atoms with Gasteiger partial charge in [0.25, 0.3) is 0 Å². The quantitative estimate of drug-likeness (QED) is 0.737. The molecule has 0 unspecified atom stereocenters. The van der Waals surface area contributed by atoms with Crippen LogP contribution < -0.4 is 5.32 Å². The highest BCUT2D eigenvalue weighted by Crippen LogP contribution is 2.30. The Labute approximate surface area is 130 Å². The number of nitrogens with one attached hydrogen (secondary N) is 1. The van der Waals surface area contributed by atoms with Gasteiger partial charge in [-0.1, -0.05) is 38.1 Å². The average Bonchev–Trinajstić information content (AvgIpc) is 3.23. The highest BCUT2D eigenvalue weighted by Gasteiger charge is 2.25. The Hall–Kier alpha value is -0.860. The molecule has 2 heteroatoms. The third-order valence-corrected chi connectivity index (χ3v) is 4.21. The van der Waals surface area contributed by atoms with Gasteiger partial charge in [-0.25, -0.2) is 0 Å². The van der Waals surface area contributed by atoms with Crippen molar-refractivity contribution in [3.63, 3.8) is 0 Å². The van der Waals surface area contributed by atoms with Crippen molar-refractivity contribution in [3.05, 3.63) is 35.4 Å². The second-order valence-electron chi connectivity index (χ2n) is 7.31. The molecule has 0 saturated heterocycles. The van der Waals surface area contributed by atoms with Crippen LogP contribution in [0.3, 0.4) is 0 Å². The fourth-order valence-electron chi connectivity index (χ4n) is 2.59. The first-order chi connectivity index (χ1) is 10.0. The Morgan fingerprint density at radius 2 is 1.67 bits per heavy atom. The van der Waals surface area contributed by atoms with E-state index in [1.807, 2.05) is 0 Å². The Kier molecular flexibility index (Phi) is 6.25. The van der Waals surface area contributed by atoms with Gasteiger partial charge in [-0.15, -0.1) is 0 Å². The van der Waals surface area contributed by atoms with Crippen LogP contribution in [0.1, 0.15) is 51.7 Å². The highest BCUT2D eigenvalue weighted by atomic mass is 15.1. The number of hydrogen-bond donors (Lipinski definition) is 1. The molecule has 0 bridgehead atoms. The van der Waals surface area contributed by atoms with Gasteiger partial charge in [-0.3, -0.25) is 4.90 Å². The highest BCUT2D eigenvalue weighted by molar-refractivity contribution is 5.22. The van der Waals surface area contributed by atoms with Gasteiger partial charge in [-0.05, 0) is 56.2 Å². The van der Waals surface area contributed by atoms with E-state index in [0.29, 0.717) is 12.0 Å². The minimum atomic E-state index is 0.637. The van der Waals surface area contributed by atoms with Crippen LogP contribution in [0.5, 0.6) is 0 Å². The van der Waals surface area contributed by atoms with E-state index >= 15 is 0 Å². The number of benzene rings is 1. The third-order valence-electron chi connectivity index (χ3n) is 4.21. The summed E-state index contributed by atoms with van der Waals surface area (Å²) in [6.45, 7) is 13.5. The lowest BCUT2D eigenvalue weighted by Crippen LogP contribution is -2.32. The van der Waals surface area contributed by atoms with Gasteiger partial charge in [0.1, 0.15) is 0 Å². The van der Waals surface area contributed by atoms with E-state index in [2.05, 4.69) is 62.2 Å². The molecule has 2 rings (SSSR count). The first kappa shape index (κ1) is 16.5. The van der Waals surface area contributed by atoms with E-state index in [4.69, 9.17) is 0 Å². The molecule has 1 saturated carbocycles. The van der Waals surface area contributed by atoms with E-state index in [1.54, 1.807) is 0 Å². The SMILES string of the molecule is CC(C)CNCc1ccc(CN(CC2CC2)C(C)C)cc1. The van der Waals surface area contributed by atoms with Crippen molar-refractivity contribution in [1.29, 1.82) is 0 Å². The van der Waals surface area contributed by atoms with Crippen LogP contribution in [0.4, 0.5) is 0 Å². The van der Waals surface area contributed by atoms with E-state index in [1.165, 1.54) is 30.5 Å². The zero-order valence-corrected chi connectivity index (χ0v) is 14.2. The summed E-state index contributed by atoms with van der Waals surface area (Å²) in [5.74, 6) is 1.68. The molecule has 1 aliphatic carbocycles. The van der Waals surface area contributed by atoms with Crippen LogP contribution in [0.25, 0.3) is 0 Å². The van der Waals surface area contributed by atoms with Crippen molar-refractivity contribution in [2.75, 3.05) is 13.1 Å². The summed E-state index contributed by atoms with van der Waals surface area (Å²) in [7, 11) is 0. The zero-order chi connectivity index (χ0) is 15.2. The van der Waals surface area contributed by atoms with Crippen LogP contribution in [0, 0.1) is 11.8 Å². The predicted molar refractivity (Wildman–Crippen MR) is 91.3 cm³/mol. The molecule has 1 aromatic carbocycles. The van der Waals surface area contributed by atoms with Crippen molar-refractivity contribution in [3.8, 4) is 0 Å². The first-order valence-corrected chi connectivity index (χ1v) is 8.57. The molecule has 0 spiro atoms. The molecule has 2 nitrogen and oxygen atoms in total. The van der Waals surface area contributed by atoms with Crippen molar-refractivity contribution in [2.24, 2.45) is 11.8 Å². The predicted octanol–water partition coefficient (Wildman–Crippen LogP) is 4.05. The van der Waals surface area contributed by atoms with E-state index < -0.39 is 0 Å². The number of nitrogens with zero attached hydrogens (tertiary/aromatic N) is 1. The molecular weight excluding hydrogens is 256 g/mol. The van der Waals surface area contributed by atoms with Crippen molar-refractivity contribution >= 4 is 0 Å². The normalized spacial score (nSPS) is 15.4. The summed E-state index contributed by atoms with van der Waals surface area (Å²) in [6, 6.07) is 9.79. The lowest BCUT2D eigenvalue weighted by atomic mass is 10.1. The van der Waals surface area contributed by atoms with Gasteiger partial charge in [0.2, 0.25) is 0 Å². The summed E-state index contributed by atoms with van der Waals surface area (Å²) < 4.78 is 0. The lowest BCUT2D eigenvalue weighted by molar-refractivity contribution is 0.204. The fraction of sp³-hybridized carbons (Fsp3) is 0.684. The molecule has 0 aromatic heterocycles. The van der Waals surface area contributed by atoms with Gasteiger partial charge in [0, 0.05) is 25.7 Å². The second kappa shape index (κ2) is 7.95. The van der Waals surface area contributed by atoms with Crippen LogP contribution >= 0.6 is 0 Å². The number of rotatable bonds is 9. The van der Waals surface area contributed by atoms with Crippen LogP contribution in [-0.4, -0.2) is 24.0 Å². The molecule has 1 N–H and O–H groups in total. The molecule has 1 aliphatic rings. The second-order valence-corrected chi connectivity index (χ2v) is 7.31. The third kappa shape index (κ3) is 6.19. The molecule has 0 radical (unpaired) electrons. The molecular formula is C19H32N2. The van der Waals surface area contributed by atoms with Crippen LogP contribution in [0.15, 0.2) is 24.3 Å². The summed E-state index contributed by atoms with van der Waals surface area (Å²) in [5.41, 5.74) is 2.83. The summed E-state index contributed by atoms with van der Waals surface area (Å²) in [6.07, 6.45) is 2.87. The molecule has 0 amide bonds. The fourth-order valence-corrected chi connectivity index (χ4v) is 2.59. The average molecular weight is 288 g/mol. The summed E-state index contributed by atoms with van der Waals surface area (Å²) in [5, 5.41) is 3.50. The molecule has 1 fully saturated rings. The summed E-state index contributed by atoms with van der Waals surface area (Å²) >= 11 is 0. The van der Waals surface area contributed by atoms with Gasteiger partial charge >= 0.3 is 0 Å². The maximum atomic E-state index is 3.50. The molecule has 0 aliphatic heterocycles. The van der Waals surface area contributed by atoms with Gasteiger partial charge < -0.3 is 5.32 Å². The Morgan fingerprint density at radius 1 is 1.05 bits per heavy atom. The molecule has 0 heterocycles. The van der Waals surface area contributed by atoms with Crippen LogP contribution in [0.2, 0.25) is 0 Å². The standard InChI is InChI=1S/C19H32N2/c1-15(2)11-20-12-17-5-7-18(8-6-17)13-21(16(3)4)14-19-9-10-19/h5-8,15-16,19-20H,9-14H2,1-4H3. The topological polar surface area (TPSA) is 15.3 Å². The first-order valence-electron chi connectivity index (χ1n) is 8.57. The zero-order valence-electron chi connectivity index (χ0n) is 14.2. The van der Waals surface area contributed by atoms with E-state index in [0.717, 1.165) is 25.6 Å². The van der Waals surface area contributed by atoms with Crippen molar-refractivity contribution in [1.82, 2.24) is 10.2 Å². The molecule has 21 heavy (non-hydrogen) atoms. The van der Waals surface area contributed by atoms with E-state index in [9.17, 15) is 0 Å². The largest absolute Gasteiger partial charge is 0.312 e. The monoisotopic (exact) mass is 288 g/mol. The van der Waals surface area contributed by atoms with Crippen molar-refractivity contribution in [2.45, 2.75) is 59.7 Å². The van der Waals surface area contributed by atoms with Gasteiger partial charge in [-0.2, -0.15) is 0 Å². The minimum absolute atomic E-state index is 0.637. The summed E-state index contributed by atoms with van der Waals surface area (Å²) in [4.78, 5) is 2.61. The lowest BCUT2D eigenvalue weighted by Gasteiger charge is -2.26. The maximum Gasteiger partial charge on any atom is 0.0236 e. The smallest absolute Gasteiger partial charge is 0.0236 e. The minimum Gasteiger partial charge on any atom is -0.312 e. The Balaban J connectivity index is 1.82. The maximum absolute atomic E-state index is 3.50. The molecule has 118 valence electrons. The molecule has 1 aromatic rings.